The number of carboxylic acids is 1. The first-order chi connectivity index (χ1) is 12.6. The minimum Gasteiger partial charge on any atom is -0.480 e. The van der Waals surface area contributed by atoms with Crippen molar-refractivity contribution in [3.8, 4) is 0 Å². The van der Waals surface area contributed by atoms with Gasteiger partial charge in [0, 0.05) is 6.42 Å². The molecule has 0 bridgehead atoms. The Morgan fingerprint density at radius 3 is 2.08 bits per heavy atom. The van der Waals surface area contributed by atoms with E-state index in [4.69, 9.17) is 10.2 Å². The molecule has 0 saturated heterocycles. The smallest absolute Gasteiger partial charge is 0.328 e. The molecule has 0 aromatic carbocycles. The molecule has 0 unspecified atom stereocenters. The largest absolute Gasteiger partial charge is 0.480 e. The molecular formula is C21H35NO4. The maximum Gasteiger partial charge on any atom is 0.328 e. The van der Waals surface area contributed by atoms with Gasteiger partial charge in [-0.2, -0.15) is 0 Å². The molecule has 5 heteroatoms. The lowest BCUT2D eigenvalue weighted by molar-refractivity contribution is -0.142. The van der Waals surface area contributed by atoms with Gasteiger partial charge >= 0.3 is 5.97 Å². The minimum atomic E-state index is -1.24. The molecule has 0 aromatic heterocycles. The Labute approximate surface area is 157 Å². The Hall–Kier alpha value is -1.88. The molecular weight excluding hydrogens is 330 g/mol. The standard InChI is InChI=1S/C21H35NO4/c1-2-3-4-5-6-7-8-9-10-11-12-13-14-15-16-17-20(24)22-19(18-23)21(25)26/h9-10,12-13,15-16,19,23H,2-8,11,14,17-18H2,1H3,(H,22,24)(H,25,26)/b10-9+,13-12+,16-15+/t19-/m0/s1. The van der Waals surface area contributed by atoms with Gasteiger partial charge in [-0.05, 0) is 25.7 Å². The summed E-state index contributed by atoms with van der Waals surface area (Å²) in [4.78, 5) is 22.2. The number of nitrogens with one attached hydrogen (secondary N) is 1. The number of rotatable bonds is 16. The van der Waals surface area contributed by atoms with Gasteiger partial charge in [-0.1, -0.05) is 75.5 Å². The van der Waals surface area contributed by atoms with Gasteiger partial charge in [0.25, 0.3) is 0 Å². The molecule has 0 aliphatic heterocycles. The molecule has 26 heavy (non-hydrogen) atoms. The average Bonchev–Trinajstić information content (AvgIpc) is 2.62. The predicted molar refractivity (Wildman–Crippen MR) is 106 cm³/mol. The summed E-state index contributed by atoms with van der Waals surface area (Å²) in [5.74, 6) is -1.65. The van der Waals surface area contributed by atoms with Crippen LogP contribution in [0, 0.1) is 0 Å². The first kappa shape index (κ1) is 24.1. The highest BCUT2D eigenvalue weighted by Crippen LogP contribution is 2.07. The Kier molecular flexibility index (Phi) is 16.6. The summed E-state index contributed by atoms with van der Waals surface area (Å²) in [6.07, 6.45) is 23.0. The number of allylic oxidation sites excluding steroid dienone is 5. The van der Waals surface area contributed by atoms with Crippen molar-refractivity contribution in [1.82, 2.24) is 5.32 Å². The van der Waals surface area contributed by atoms with Crippen LogP contribution in [0.25, 0.3) is 0 Å². The number of carbonyl (C=O) groups is 2. The van der Waals surface area contributed by atoms with Gasteiger partial charge in [0.2, 0.25) is 5.91 Å². The van der Waals surface area contributed by atoms with E-state index >= 15 is 0 Å². The summed E-state index contributed by atoms with van der Waals surface area (Å²) in [6.45, 7) is 1.62. The molecule has 0 rings (SSSR count). The number of aliphatic hydroxyl groups excluding tert-OH is 1. The second-order valence-corrected chi connectivity index (χ2v) is 6.29. The van der Waals surface area contributed by atoms with E-state index in [0.29, 0.717) is 0 Å². The van der Waals surface area contributed by atoms with E-state index in [1.54, 1.807) is 6.08 Å². The van der Waals surface area contributed by atoms with Gasteiger partial charge in [0.15, 0.2) is 0 Å². The van der Waals surface area contributed by atoms with Crippen molar-refractivity contribution in [1.29, 1.82) is 0 Å². The molecule has 0 fully saturated rings. The zero-order valence-electron chi connectivity index (χ0n) is 16.0. The van der Waals surface area contributed by atoms with Crippen molar-refractivity contribution in [2.45, 2.75) is 77.2 Å². The fourth-order valence-electron chi connectivity index (χ4n) is 2.33. The van der Waals surface area contributed by atoms with Gasteiger partial charge in [0.1, 0.15) is 6.04 Å². The highest BCUT2D eigenvalue weighted by molar-refractivity contribution is 5.84. The molecule has 0 aliphatic rings. The molecule has 0 heterocycles. The number of aliphatic hydroxyl groups is 1. The first-order valence-corrected chi connectivity index (χ1v) is 9.69. The van der Waals surface area contributed by atoms with Crippen molar-refractivity contribution in [3.63, 3.8) is 0 Å². The van der Waals surface area contributed by atoms with E-state index < -0.39 is 24.5 Å². The number of carbonyl (C=O) groups excluding carboxylic acids is 1. The Bertz CT molecular complexity index is 455. The predicted octanol–water partition coefficient (Wildman–Crippen LogP) is 4.14. The van der Waals surface area contributed by atoms with E-state index in [0.717, 1.165) is 19.3 Å². The molecule has 0 radical (unpaired) electrons. The van der Waals surface area contributed by atoms with Crippen LogP contribution in [0.15, 0.2) is 36.5 Å². The summed E-state index contributed by atoms with van der Waals surface area (Å²) >= 11 is 0. The van der Waals surface area contributed by atoms with E-state index in [1.807, 2.05) is 12.2 Å². The molecule has 0 spiro atoms. The summed E-state index contributed by atoms with van der Waals surface area (Å²) in [5, 5.41) is 19.8. The number of hydrogen-bond acceptors (Lipinski definition) is 3. The van der Waals surface area contributed by atoms with Crippen molar-refractivity contribution in [3.05, 3.63) is 36.5 Å². The topological polar surface area (TPSA) is 86.6 Å². The summed E-state index contributed by atoms with van der Waals surface area (Å²) in [6, 6.07) is -1.24. The molecule has 3 N–H and O–H groups in total. The van der Waals surface area contributed by atoms with Crippen LogP contribution < -0.4 is 5.32 Å². The molecule has 0 aromatic rings. The van der Waals surface area contributed by atoms with Crippen molar-refractivity contribution >= 4 is 11.9 Å². The van der Waals surface area contributed by atoms with E-state index in [2.05, 4.69) is 30.5 Å². The third-order valence-corrected chi connectivity index (χ3v) is 3.89. The lowest BCUT2D eigenvalue weighted by Crippen LogP contribution is -2.43. The van der Waals surface area contributed by atoms with Gasteiger partial charge in [-0.15, -0.1) is 0 Å². The SMILES string of the molecule is CCCCCCCC/C=C/C/C=C/C/C=C/CC(=O)N[C@@H](CO)C(=O)O. The van der Waals surface area contributed by atoms with Crippen LogP contribution in [0.4, 0.5) is 0 Å². The molecule has 5 nitrogen and oxygen atoms in total. The quantitative estimate of drug-likeness (QED) is 0.283. The molecule has 1 amide bonds. The highest BCUT2D eigenvalue weighted by Gasteiger charge is 2.17. The summed E-state index contributed by atoms with van der Waals surface area (Å²) < 4.78 is 0. The maximum absolute atomic E-state index is 11.5. The Morgan fingerprint density at radius 2 is 1.46 bits per heavy atom. The maximum atomic E-state index is 11.5. The van der Waals surface area contributed by atoms with E-state index in [-0.39, 0.29) is 6.42 Å². The van der Waals surface area contributed by atoms with Crippen LogP contribution >= 0.6 is 0 Å². The number of carboxylic acid groups (broad SMARTS) is 1. The van der Waals surface area contributed by atoms with Crippen LogP contribution in [0.1, 0.15) is 71.1 Å². The average molecular weight is 366 g/mol. The fourth-order valence-corrected chi connectivity index (χ4v) is 2.33. The van der Waals surface area contributed by atoms with E-state index in [9.17, 15) is 9.59 Å². The lowest BCUT2D eigenvalue weighted by Gasteiger charge is -2.10. The minimum absolute atomic E-state index is 0.107. The van der Waals surface area contributed by atoms with Crippen molar-refractivity contribution < 1.29 is 19.8 Å². The van der Waals surface area contributed by atoms with Gasteiger partial charge in [-0.25, -0.2) is 4.79 Å². The fraction of sp³-hybridized carbons (Fsp3) is 0.619. The van der Waals surface area contributed by atoms with Crippen molar-refractivity contribution in [2.24, 2.45) is 0 Å². The normalized spacial score (nSPS) is 13.0. The second-order valence-electron chi connectivity index (χ2n) is 6.29. The van der Waals surface area contributed by atoms with Crippen LogP contribution in [-0.2, 0) is 9.59 Å². The first-order valence-electron chi connectivity index (χ1n) is 9.69. The lowest BCUT2D eigenvalue weighted by atomic mass is 10.1. The van der Waals surface area contributed by atoms with E-state index in [1.165, 1.54) is 38.5 Å². The molecule has 0 aliphatic carbocycles. The van der Waals surface area contributed by atoms with Crippen molar-refractivity contribution in [2.75, 3.05) is 6.61 Å². The third-order valence-electron chi connectivity index (χ3n) is 3.89. The Balaban J connectivity index is 3.62. The van der Waals surface area contributed by atoms with Crippen LogP contribution in [0.5, 0.6) is 0 Å². The van der Waals surface area contributed by atoms with Crippen LogP contribution in [0.2, 0.25) is 0 Å². The molecule has 1 atom stereocenters. The Morgan fingerprint density at radius 1 is 0.885 bits per heavy atom. The zero-order chi connectivity index (χ0) is 19.5. The monoisotopic (exact) mass is 365 g/mol. The number of aliphatic carboxylic acids is 1. The molecule has 148 valence electrons. The second kappa shape index (κ2) is 17.9. The molecule has 0 saturated carbocycles. The van der Waals surface area contributed by atoms with Gasteiger partial charge < -0.3 is 15.5 Å². The summed E-state index contributed by atoms with van der Waals surface area (Å²) in [5.41, 5.74) is 0. The van der Waals surface area contributed by atoms with Crippen LogP contribution in [-0.4, -0.2) is 34.7 Å². The summed E-state index contributed by atoms with van der Waals surface area (Å²) in [7, 11) is 0. The number of amides is 1. The van der Waals surface area contributed by atoms with Gasteiger partial charge in [0.05, 0.1) is 6.61 Å². The van der Waals surface area contributed by atoms with Crippen LogP contribution in [0.3, 0.4) is 0 Å². The third kappa shape index (κ3) is 15.6. The zero-order valence-corrected chi connectivity index (χ0v) is 16.0. The number of unbranched alkanes of at least 4 members (excludes halogenated alkanes) is 6. The van der Waals surface area contributed by atoms with Gasteiger partial charge in [-0.3, -0.25) is 4.79 Å². The number of hydrogen-bond donors (Lipinski definition) is 3. The highest BCUT2D eigenvalue weighted by atomic mass is 16.4.